The maximum absolute atomic E-state index is 13.0. The largest absolute Gasteiger partial charge is 0.378 e. The Labute approximate surface area is 172 Å². The Morgan fingerprint density at radius 3 is 1.66 bits per heavy atom. The first kappa shape index (κ1) is 20.8. The average Bonchev–Trinajstić information content (AvgIpc) is 2.78. The zero-order chi connectivity index (χ0) is 20.9. The molecule has 1 amide bonds. The molecule has 0 aliphatic heterocycles. The Kier molecular flexibility index (Phi) is 6.47. The fourth-order valence-corrected chi connectivity index (χ4v) is 3.72. The zero-order valence-electron chi connectivity index (χ0n) is 16.8. The van der Waals surface area contributed by atoms with Gasteiger partial charge in [0.1, 0.15) is 11.6 Å². The molecule has 0 aromatic heterocycles. The van der Waals surface area contributed by atoms with Gasteiger partial charge in [0.25, 0.3) is 0 Å². The van der Waals surface area contributed by atoms with E-state index < -0.39 is 17.7 Å². The lowest BCUT2D eigenvalue weighted by Gasteiger charge is -2.40. The normalized spacial score (nSPS) is 13.7. The topological polar surface area (TPSA) is 75.4 Å². The molecule has 0 fully saturated rings. The zero-order valence-corrected chi connectivity index (χ0v) is 16.8. The van der Waals surface area contributed by atoms with Crippen molar-refractivity contribution in [2.24, 2.45) is 11.7 Å². The molecule has 4 heteroatoms. The van der Waals surface area contributed by atoms with Gasteiger partial charge in [-0.25, -0.2) is 0 Å². The van der Waals surface area contributed by atoms with E-state index in [0.29, 0.717) is 0 Å². The van der Waals surface area contributed by atoms with E-state index in [2.05, 4.69) is 5.32 Å². The van der Waals surface area contributed by atoms with Crippen molar-refractivity contribution >= 4 is 5.91 Å². The van der Waals surface area contributed by atoms with Crippen LogP contribution in [-0.4, -0.2) is 17.1 Å². The minimum Gasteiger partial charge on any atom is -0.378 e. The number of nitrogens with two attached hydrogens (primary N) is 1. The summed E-state index contributed by atoms with van der Waals surface area (Å²) >= 11 is 0. The molecule has 0 heterocycles. The fraction of sp³-hybridized carbons (Fsp3) is 0.240. The third-order valence-corrected chi connectivity index (χ3v) is 5.28. The number of benzene rings is 3. The first-order valence-corrected chi connectivity index (χ1v) is 9.89. The minimum atomic E-state index is -1.40. The van der Waals surface area contributed by atoms with Crippen molar-refractivity contribution in [3.05, 3.63) is 108 Å². The number of hydrogen-bond acceptors (Lipinski definition) is 3. The van der Waals surface area contributed by atoms with Crippen molar-refractivity contribution in [1.29, 1.82) is 0 Å². The lowest BCUT2D eigenvalue weighted by atomic mass is 9.75. The summed E-state index contributed by atoms with van der Waals surface area (Å²) in [5, 5.41) is 15.1. The number of carbonyl (C=O) groups is 1. The molecule has 0 aliphatic rings. The maximum atomic E-state index is 13.0. The van der Waals surface area contributed by atoms with E-state index in [1.54, 1.807) is 0 Å². The SMILES string of the molecule is CC(C)[C@H](NC(=O)[C@@H](N)c1ccccc1)C(O)(c1ccccc1)c1ccccc1. The van der Waals surface area contributed by atoms with Crippen molar-refractivity contribution in [3.8, 4) is 0 Å². The van der Waals surface area contributed by atoms with Crippen molar-refractivity contribution in [1.82, 2.24) is 5.32 Å². The molecule has 3 aromatic carbocycles. The molecular formula is C25H28N2O2. The van der Waals surface area contributed by atoms with Gasteiger partial charge in [-0.05, 0) is 22.6 Å². The van der Waals surface area contributed by atoms with E-state index in [0.717, 1.165) is 16.7 Å². The summed E-state index contributed by atoms with van der Waals surface area (Å²) in [6.45, 7) is 3.96. The van der Waals surface area contributed by atoms with Crippen LogP contribution in [0.15, 0.2) is 91.0 Å². The van der Waals surface area contributed by atoms with Crippen LogP contribution in [0.5, 0.6) is 0 Å². The molecule has 4 nitrogen and oxygen atoms in total. The third kappa shape index (κ3) is 4.39. The first-order chi connectivity index (χ1) is 13.9. The van der Waals surface area contributed by atoms with Crippen molar-refractivity contribution in [3.63, 3.8) is 0 Å². The summed E-state index contributed by atoms with van der Waals surface area (Å²) in [6, 6.07) is 26.7. The molecule has 0 saturated heterocycles. The summed E-state index contributed by atoms with van der Waals surface area (Å²) in [5.41, 5.74) is 6.99. The van der Waals surface area contributed by atoms with E-state index in [-0.39, 0.29) is 11.8 Å². The lowest BCUT2D eigenvalue weighted by Crippen LogP contribution is -2.55. The Balaban J connectivity index is 2.01. The molecule has 0 unspecified atom stereocenters. The highest BCUT2D eigenvalue weighted by Gasteiger charge is 2.43. The molecule has 3 rings (SSSR count). The van der Waals surface area contributed by atoms with Gasteiger partial charge in [-0.1, -0.05) is 105 Å². The number of nitrogens with one attached hydrogen (secondary N) is 1. The van der Waals surface area contributed by atoms with E-state index in [1.807, 2.05) is 105 Å². The monoisotopic (exact) mass is 388 g/mol. The van der Waals surface area contributed by atoms with Gasteiger partial charge in [-0.15, -0.1) is 0 Å². The predicted molar refractivity (Wildman–Crippen MR) is 116 cm³/mol. The molecule has 0 spiro atoms. The van der Waals surface area contributed by atoms with Gasteiger partial charge >= 0.3 is 0 Å². The first-order valence-electron chi connectivity index (χ1n) is 9.89. The van der Waals surface area contributed by atoms with Crippen LogP contribution in [-0.2, 0) is 10.4 Å². The van der Waals surface area contributed by atoms with E-state index in [4.69, 9.17) is 5.73 Å². The number of amides is 1. The maximum Gasteiger partial charge on any atom is 0.241 e. The van der Waals surface area contributed by atoms with Gasteiger partial charge in [0.05, 0.1) is 6.04 Å². The summed E-state index contributed by atoms with van der Waals surface area (Å²) < 4.78 is 0. The van der Waals surface area contributed by atoms with Crippen molar-refractivity contribution in [2.75, 3.05) is 0 Å². The lowest BCUT2D eigenvalue weighted by molar-refractivity contribution is -0.125. The highest BCUT2D eigenvalue weighted by Crippen LogP contribution is 2.36. The van der Waals surface area contributed by atoms with Gasteiger partial charge in [0, 0.05) is 0 Å². The smallest absolute Gasteiger partial charge is 0.241 e. The summed E-state index contributed by atoms with van der Waals surface area (Å²) in [5.74, 6) is -0.368. The van der Waals surface area contributed by atoms with Crippen LogP contribution in [0.3, 0.4) is 0 Å². The van der Waals surface area contributed by atoms with Gasteiger partial charge in [0.15, 0.2) is 0 Å². The number of hydrogen-bond donors (Lipinski definition) is 3. The molecular weight excluding hydrogens is 360 g/mol. The Hall–Kier alpha value is -2.95. The third-order valence-electron chi connectivity index (χ3n) is 5.28. The van der Waals surface area contributed by atoms with Crippen molar-refractivity contribution in [2.45, 2.75) is 31.5 Å². The molecule has 29 heavy (non-hydrogen) atoms. The number of rotatable bonds is 7. The van der Waals surface area contributed by atoms with E-state index >= 15 is 0 Å². The van der Waals surface area contributed by atoms with Gasteiger partial charge < -0.3 is 16.2 Å². The predicted octanol–water partition coefficient (Wildman–Crippen LogP) is 3.76. The molecule has 3 aromatic rings. The average molecular weight is 389 g/mol. The van der Waals surface area contributed by atoms with Crippen LogP contribution >= 0.6 is 0 Å². The Morgan fingerprint density at radius 1 is 0.828 bits per heavy atom. The van der Waals surface area contributed by atoms with Crippen LogP contribution in [0.1, 0.15) is 36.6 Å². The highest BCUT2D eigenvalue weighted by molar-refractivity contribution is 5.83. The molecule has 2 atom stereocenters. The second kappa shape index (κ2) is 9.03. The van der Waals surface area contributed by atoms with Crippen LogP contribution in [0.25, 0.3) is 0 Å². The van der Waals surface area contributed by atoms with E-state index in [9.17, 15) is 9.90 Å². The highest BCUT2D eigenvalue weighted by atomic mass is 16.3. The number of carbonyl (C=O) groups excluding carboxylic acids is 1. The fourth-order valence-electron chi connectivity index (χ4n) is 3.72. The molecule has 0 saturated carbocycles. The molecule has 0 bridgehead atoms. The molecule has 0 aliphatic carbocycles. The van der Waals surface area contributed by atoms with Crippen molar-refractivity contribution < 1.29 is 9.90 Å². The summed E-state index contributed by atoms with van der Waals surface area (Å²) in [4.78, 5) is 13.0. The van der Waals surface area contributed by atoms with Crippen LogP contribution in [0.2, 0.25) is 0 Å². The van der Waals surface area contributed by atoms with Crippen LogP contribution < -0.4 is 11.1 Å². The van der Waals surface area contributed by atoms with Gasteiger partial charge in [-0.2, -0.15) is 0 Å². The summed E-state index contributed by atoms with van der Waals surface area (Å²) in [7, 11) is 0. The second-order valence-electron chi connectivity index (χ2n) is 7.62. The second-order valence-corrected chi connectivity index (χ2v) is 7.62. The van der Waals surface area contributed by atoms with Gasteiger partial charge in [-0.3, -0.25) is 4.79 Å². The van der Waals surface area contributed by atoms with Gasteiger partial charge in [0.2, 0.25) is 5.91 Å². The molecule has 4 N–H and O–H groups in total. The molecule has 150 valence electrons. The Morgan fingerprint density at radius 2 is 1.24 bits per heavy atom. The summed E-state index contributed by atoms with van der Waals surface area (Å²) in [6.07, 6.45) is 0. The van der Waals surface area contributed by atoms with E-state index in [1.165, 1.54) is 0 Å². The standard InChI is InChI=1S/C25H28N2O2/c1-18(2)23(27-24(28)22(26)19-12-6-3-7-13-19)25(29,20-14-8-4-9-15-20)21-16-10-5-11-17-21/h3-18,22-23,29H,26H2,1-2H3,(H,27,28)/t22-,23-/m0/s1. The molecule has 0 radical (unpaired) electrons. The number of aliphatic hydroxyl groups is 1. The van der Waals surface area contributed by atoms with Crippen LogP contribution in [0, 0.1) is 5.92 Å². The van der Waals surface area contributed by atoms with Crippen LogP contribution in [0.4, 0.5) is 0 Å². The Bertz CT molecular complexity index is 872. The quantitative estimate of drug-likeness (QED) is 0.577. The minimum absolute atomic E-state index is 0.0488.